The lowest BCUT2D eigenvalue weighted by molar-refractivity contribution is 0.0704. The Bertz CT molecular complexity index is 380. The molecule has 0 spiro atoms. The van der Waals surface area contributed by atoms with Gasteiger partial charge in [0.05, 0.1) is 0 Å². The molecule has 1 amide bonds. The molecule has 17 heavy (non-hydrogen) atoms. The van der Waals surface area contributed by atoms with Crippen LogP contribution >= 0.6 is 0 Å². The summed E-state index contributed by atoms with van der Waals surface area (Å²) in [7, 11) is 3.73. The topological polar surface area (TPSA) is 50.2 Å². The van der Waals surface area contributed by atoms with Crippen LogP contribution in [0.1, 0.15) is 29.9 Å². The second-order valence-corrected chi connectivity index (χ2v) is 4.61. The maximum absolute atomic E-state index is 12.3. The minimum atomic E-state index is 0.0180. The van der Waals surface area contributed by atoms with Crippen molar-refractivity contribution in [1.82, 2.24) is 19.8 Å². The highest BCUT2D eigenvalue weighted by Crippen LogP contribution is 2.14. The number of imidazole rings is 1. The Morgan fingerprint density at radius 3 is 3.06 bits per heavy atom. The largest absolute Gasteiger partial charge is 0.336 e. The summed E-state index contributed by atoms with van der Waals surface area (Å²) in [6.07, 6.45) is 6.68. The van der Waals surface area contributed by atoms with Crippen molar-refractivity contribution in [3.05, 3.63) is 18.2 Å². The normalized spacial score (nSPS) is 20.9. The summed E-state index contributed by atoms with van der Waals surface area (Å²) in [5.74, 6) is 0.536. The first-order valence-electron chi connectivity index (χ1n) is 6.15. The van der Waals surface area contributed by atoms with E-state index in [1.807, 2.05) is 19.0 Å². The first kappa shape index (κ1) is 12.1. The van der Waals surface area contributed by atoms with Gasteiger partial charge in [-0.3, -0.25) is 4.79 Å². The van der Waals surface area contributed by atoms with E-state index in [1.165, 1.54) is 0 Å². The third kappa shape index (κ3) is 2.66. The van der Waals surface area contributed by atoms with Gasteiger partial charge < -0.3 is 14.8 Å². The van der Waals surface area contributed by atoms with Crippen molar-refractivity contribution in [3.8, 4) is 0 Å². The Hall–Kier alpha value is -1.36. The number of nitrogens with one attached hydrogen (secondary N) is 1. The summed E-state index contributed by atoms with van der Waals surface area (Å²) in [5.41, 5.74) is 0. The molecule has 1 saturated heterocycles. The fraction of sp³-hybridized carbons (Fsp3) is 0.667. The van der Waals surface area contributed by atoms with Crippen molar-refractivity contribution >= 4 is 5.91 Å². The summed E-state index contributed by atoms with van der Waals surface area (Å²) >= 11 is 0. The Morgan fingerprint density at radius 2 is 2.35 bits per heavy atom. The molecule has 0 radical (unpaired) electrons. The molecule has 0 saturated carbocycles. The van der Waals surface area contributed by atoms with Crippen molar-refractivity contribution in [1.29, 1.82) is 0 Å². The number of hydrogen-bond acceptors (Lipinski definition) is 3. The van der Waals surface area contributed by atoms with Crippen LogP contribution in [-0.4, -0.2) is 46.5 Å². The van der Waals surface area contributed by atoms with Crippen LogP contribution in [0.5, 0.6) is 0 Å². The van der Waals surface area contributed by atoms with Gasteiger partial charge in [-0.25, -0.2) is 4.98 Å². The molecule has 94 valence electrons. The summed E-state index contributed by atoms with van der Waals surface area (Å²) in [6.45, 7) is 2.05. The van der Waals surface area contributed by atoms with Crippen molar-refractivity contribution in [2.24, 2.45) is 7.05 Å². The highest BCUT2D eigenvalue weighted by Gasteiger charge is 2.24. The molecule has 1 N–H and O–H groups in total. The second kappa shape index (κ2) is 5.31. The molecule has 1 aliphatic rings. The fourth-order valence-electron chi connectivity index (χ4n) is 2.28. The van der Waals surface area contributed by atoms with Gasteiger partial charge in [0.2, 0.25) is 0 Å². The van der Waals surface area contributed by atoms with E-state index in [9.17, 15) is 4.79 Å². The van der Waals surface area contributed by atoms with Crippen molar-refractivity contribution in [3.63, 3.8) is 0 Å². The average molecular weight is 236 g/mol. The summed E-state index contributed by atoms with van der Waals surface area (Å²) in [6, 6.07) is 0.328. The number of carbonyl (C=O) groups excluding carboxylic acids is 1. The molecule has 5 heteroatoms. The Kier molecular flexibility index (Phi) is 3.78. The number of amides is 1. The maximum Gasteiger partial charge on any atom is 0.289 e. The Morgan fingerprint density at radius 1 is 1.53 bits per heavy atom. The van der Waals surface area contributed by atoms with E-state index < -0.39 is 0 Å². The number of aryl methyl sites for hydroxylation is 1. The quantitative estimate of drug-likeness (QED) is 0.819. The zero-order valence-corrected chi connectivity index (χ0v) is 10.5. The van der Waals surface area contributed by atoms with E-state index in [2.05, 4.69) is 10.3 Å². The SMILES string of the molecule is CN(C(=O)c1nccn1C)C1CCCNCC1. The fourth-order valence-corrected chi connectivity index (χ4v) is 2.28. The Balaban J connectivity index is 2.06. The molecule has 0 bridgehead atoms. The lowest BCUT2D eigenvalue weighted by Gasteiger charge is -2.26. The summed E-state index contributed by atoms with van der Waals surface area (Å²) < 4.78 is 1.77. The lowest BCUT2D eigenvalue weighted by atomic mass is 10.1. The molecule has 2 rings (SSSR count). The number of carbonyl (C=O) groups is 1. The van der Waals surface area contributed by atoms with E-state index >= 15 is 0 Å². The van der Waals surface area contributed by atoms with E-state index in [-0.39, 0.29) is 5.91 Å². The molecular formula is C12H20N4O. The summed E-state index contributed by atoms with van der Waals surface area (Å²) in [4.78, 5) is 18.2. The number of aromatic nitrogens is 2. The molecule has 0 aliphatic carbocycles. The van der Waals surface area contributed by atoms with Crippen molar-refractivity contribution < 1.29 is 4.79 Å². The number of rotatable bonds is 2. The standard InChI is InChI=1S/C12H20N4O/c1-15-9-8-14-11(15)12(17)16(2)10-4-3-6-13-7-5-10/h8-10,13H,3-7H2,1-2H3. The van der Waals surface area contributed by atoms with Gasteiger partial charge in [0.1, 0.15) is 0 Å². The van der Waals surface area contributed by atoms with Crippen molar-refractivity contribution in [2.45, 2.75) is 25.3 Å². The van der Waals surface area contributed by atoms with Crippen LogP contribution < -0.4 is 5.32 Å². The maximum atomic E-state index is 12.3. The van der Waals surface area contributed by atoms with Gasteiger partial charge in [-0.05, 0) is 32.4 Å². The van der Waals surface area contributed by atoms with Crippen LogP contribution in [-0.2, 0) is 7.05 Å². The predicted octanol–water partition coefficient (Wildman–Crippen LogP) is 0.634. The number of hydrogen-bond donors (Lipinski definition) is 1. The molecule has 2 heterocycles. The highest BCUT2D eigenvalue weighted by molar-refractivity contribution is 5.90. The van der Waals surface area contributed by atoms with Gasteiger partial charge in [0.25, 0.3) is 5.91 Å². The monoisotopic (exact) mass is 236 g/mol. The summed E-state index contributed by atoms with van der Waals surface area (Å²) in [5, 5.41) is 3.36. The molecule has 1 aromatic heterocycles. The van der Waals surface area contributed by atoms with Crippen LogP contribution in [0, 0.1) is 0 Å². The first-order chi connectivity index (χ1) is 8.20. The molecular weight excluding hydrogens is 216 g/mol. The van der Waals surface area contributed by atoms with E-state index in [0.29, 0.717) is 11.9 Å². The van der Waals surface area contributed by atoms with Crippen molar-refractivity contribution in [2.75, 3.05) is 20.1 Å². The van der Waals surface area contributed by atoms with Crippen LogP contribution in [0.2, 0.25) is 0 Å². The van der Waals surface area contributed by atoms with Crippen LogP contribution in [0.4, 0.5) is 0 Å². The first-order valence-corrected chi connectivity index (χ1v) is 6.15. The smallest absolute Gasteiger partial charge is 0.289 e. The molecule has 1 atom stereocenters. The van der Waals surface area contributed by atoms with Crippen LogP contribution in [0.15, 0.2) is 12.4 Å². The van der Waals surface area contributed by atoms with Gasteiger partial charge >= 0.3 is 0 Å². The van der Waals surface area contributed by atoms with Gasteiger partial charge in [-0.15, -0.1) is 0 Å². The minimum Gasteiger partial charge on any atom is -0.336 e. The number of nitrogens with zero attached hydrogens (tertiary/aromatic N) is 3. The minimum absolute atomic E-state index is 0.0180. The molecule has 1 unspecified atom stereocenters. The zero-order chi connectivity index (χ0) is 12.3. The molecule has 1 fully saturated rings. The second-order valence-electron chi connectivity index (χ2n) is 4.61. The van der Waals surface area contributed by atoms with E-state index in [1.54, 1.807) is 17.0 Å². The third-order valence-corrected chi connectivity index (χ3v) is 3.43. The van der Waals surface area contributed by atoms with Crippen LogP contribution in [0.25, 0.3) is 0 Å². The van der Waals surface area contributed by atoms with Gasteiger partial charge in [-0.2, -0.15) is 0 Å². The van der Waals surface area contributed by atoms with Crippen LogP contribution in [0.3, 0.4) is 0 Å². The Labute approximate surface area is 102 Å². The van der Waals surface area contributed by atoms with Gasteiger partial charge in [0.15, 0.2) is 5.82 Å². The molecule has 5 nitrogen and oxygen atoms in total. The lowest BCUT2D eigenvalue weighted by Crippen LogP contribution is -2.38. The van der Waals surface area contributed by atoms with E-state index in [4.69, 9.17) is 0 Å². The highest BCUT2D eigenvalue weighted by atomic mass is 16.2. The van der Waals surface area contributed by atoms with E-state index in [0.717, 1.165) is 32.4 Å². The third-order valence-electron chi connectivity index (χ3n) is 3.43. The van der Waals surface area contributed by atoms with Gasteiger partial charge in [-0.1, -0.05) is 0 Å². The molecule has 1 aliphatic heterocycles. The molecule has 0 aromatic carbocycles. The predicted molar refractivity (Wildman–Crippen MR) is 65.8 cm³/mol. The van der Waals surface area contributed by atoms with Gasteiger partial charge in [0, 0.05) is 32.5 Å². The zero-order valence-electron chi connectivity index (χ0n) is 10.5. The average Bonchev–Trinajstić information content (AvgIpc) is 2.60. The molecule has 1 aromatic rings.